The van der Waals surface area contributed by atoms with Gasteiger partial charge in [0.05, 0.1) is 23.9 Å². The summed E-state index contributed by atoms with van der Waals surface area (Å²) in [6.07, 6.45) is 4.31. The molecule has 0 saturated heterocycles. The summed E-state index contributed by atoms with van der Waals surface area (Å²) in [5, 5.41) is 42.6. The second-order valence-electron chi connectivity index (χ2n) is 13.4. The van der Waals surface area contributed by atoms with Gasteiger partial charge in [0.1, 0.15) is 0 Å². The molecule has 3 unspecified atom stereocenters. The van der Waals surface area contributed by atoms with E-state index in [9.17, 15) is 33.4 Å². The van der Waals surface area contributed by atoms with Crippen molar-refractivity contribution in [3.8, 4) is 0 Å². The first-order valence-corrected chi connectivity index (χ1v) is 15.3. The van der Waals surface area contributed by atoms with E-state index in [1.807, 2.05) is 13.8 Å². The molecule has 4 fully saturated rings. The van der Waals surface area contributed by atoms with Crippen molar-refractivity contribution < 1.29 is 67.1 Å². The van der Waals surface area contributed by atoms with Gasteiger partial charge in [-0.05, 0) is 85.9 Å². The number of aliphatic hydroxyl groups excluding tert-OH is 3. The summed E-state index contributed by atoms with van der Waals surface area (Å²) in [6, 6.07) is 0. The van der Waals surface area contributed by atoms with Crippen LogP contribution in [0.25, 0.3) is 0 Å². The molecule has 0 radical (unpaired) electrons. The van der Waals surface area contributed by atoms with Crippen LogP contribution < -0.4 is 29.6 Å². The third-order valence-corrected chi connectivity index (χ3v) is 11.9. The van der Waals surface area contributed by atoms with Crippen molar-refractivity contribution in [3.05, 3.63) is 0 Å². The molecule has 0 heterocycles. The fourth-order valence-electron chi connectivity index (χ4n) is 9.55. The van der Waals surface area contributed by atoms with Gasteiger partial charge in [-0.15, -0.1) is 0 Å². The minimum Gasteiger partial charge on any atom is -0.726 e. The SMILES string of the molecule is C[C@H](CO)CCC[C@@H](C)[C@H]1C[C@H](OS(=O)(=O)[O-])C2C3C[C@@H](O)[C@@]4(O)C[C@@H](O)CC[C@]4(C)C3CC[C@@]21C.[Na+]. The van der Waals surface area contributed by atoms with E-state index in [0.717, 1.165) is 32.1 Å². The Morgan fingerprint density at radius 3 is 2.38 bits per heavy atom. The topological polar surface area (TPSA) is 147 Å². The molecule has 0 amide bonds. The Labute approximate surface area is 245 Å². The van der Waals surface area contributed by atoms with Crippen molar-refractivity contribution in [2.75, 3.05) is 6.61 Å². The van der Waals surface area contributed by atoms with Gasteiger partial charge in [-0.2, -0.15) is 0 Å². The Morgan fingerprint density at radius 2 is 1.76 bits per heavy atom. The number of fused-ring (bicyclic) bond motifs is 5. The van der Waals surface area contributed by atoms with Crippen molar-refractivity contribution >= 4 is 10.4 Å². The van der Waals surface area contributed by atoms with E-state index in [2.05, 4.69) is 13.8 Å². The largest absolute Gasteiger partial charge is 1.00 e. The number of aliphatic hydroxyl groups is 4. The van der Waals surface area contributed by atoms with Gasteiger partial charge >= 0.3 is 29.6 Å². The van der Waals surface area contributed by atoms with Crippen molar-refractivity contribution in [2.45, 2.75) is 116 Å². The van der Waals surface area contributed by atoms with Gasteiger partial charge in [0.2, 0.25) is 10.4 Å². The molecule has 12 atom stereocenters. The van der Waals surface area contributed by atoms with Gasteiger partial charge in [-0.25, -0.2) is 8.42 Å². The van der Waals surface area contributed by atoms with Crippen LogP contribution in [-0.2, 0) is 14.6 Å². The molecule has 4 N–H and O–H groups in total. The molecule has 4 rings (SSSR count). The van der Waals surface area contributed by atoms with Crippen molar-refractivity contribution in [1.82, 2.24) is 0 Å². The zero-order valence-corrected chi connectivity index (χ0v) is 26.1. The Kier molecular flexibility index (Phi) is 10.0. The van der Waals surface area contributed by atoms with Crippen molar-refractivity contribution in [3.63, 3.8) is 0 Å². The molecule has 210 valence electrons. The minimum absolute atomic E-state index is 0. The van der Waals surface area contributed by atoms with Crippen LogP contribution in [0.3, 0.4) is 0 Å². The van der Waals surface area contributed by atoms with E-state index in [1.54, 1.807) is 0 Å². The number of hydrogen-bond donors (Lipinski definition) is 4. The predicted molar refractivity (Wildman–Crippen MR) is 133 cm³/mol. The second-order valence-corrected chi connectivity index (χ2v) is 14.4. The van der Waals surface area contributed by atoms with Crippen molar-refractivity contribution in [1.29, 1.82) is 0 Å². The predicted octanol–water partition coefficient (Wildman–Crippen LogP) is -0.0140. The summed E-state index contributed by atoms with van der Waals surface area (Å²) < 4.78 is 40.7. The third kappa shape index (κ3) is 5.75. The molecule has 4 aliphatic carbocycles. The van der Waals surface area contributed by atoms with Crippen LogP contribution in [0.5, 0.6) is 0 Å². The quantitative estimate of drug-likeness (QED) is 0.186. The standard InChI is InChI=1S/C27H48O8S.Na/c1-16(15-28)6-5-7-17(2)21-13-22(35-36(32,33)34)24-19-12-23(30)27(31)14-18(29)8-11-26(27,4)20(19)9-10-25(21,24)3;/h16-24,28-31H,5-15H2,1-4H3,(H,32,33,34);/q;+1/p-1/t16-,17+,18-,19?,20?,21+,22-,23+,24?,25+,26+,27-;/m0./s1. The average molecular weight is 555 g/mol. The smallest absolute Gasteiger partial charge is 0.726 e. The van der Waals surface area contributed by atoms with Crippen LogP contribution in [0, 0.1) is 46.3 Å². The second kappa shape index (κ2) is 11.5. The van der Waals surface area contributed by atoms with Gasteiger partial charge in [0, 0.05) is 18.4 Å². The molecule has 0 spiro atoms. The molecular weight excluding hydrogens is 507 g/mol. The van der Waals surface area contributed by atoms with Gasteiger partial charge < -0.3 is 25.0 Å². The number of hydrogen-bond acceptors (Lipinski definition) is 8. The molecule has 4 aliphatic rings. The van der Waals surface area contributed by atoms with Crippen LogP contribution in [0.2, 0.25) is 0 Å². The van der Waals surface area contributed by atoms with E-state index < -0.39 is 39.7 Å². The molecule has 37 heavy (non-hydrogen) atoms. The van der Waals surface area contributed by atoms with E-state index in [1.165, 1.54) is 0 Å². The molecule has 0 aromatic rings. The Hall–Kier alpha value is 0.710. The zero-order chi connectivity index (χ0) is 26.7. The summed E-state index contributed by atoms with van der Waals surface area (Å²) in [5.41, 5.74) is -2.21. The van der Waals surface area contributed by atoms with Gasteiger partial charge in [0.25, 0.3) is 0 Å². The van der Waals surface area contributed by atoms with E-state index in [0.29, 0.717) is 31.6 Å². The molecule has 0 aliphatic heterocycles. The average Bonchev–Trinajstić information content (AvgIpc) is 3.06. The first kappa shape index (κ1) is 32.2. The first-order valence-electron chi connectivity index (χ1n) is 14.0. The molecule has 4 saturated carbocycles. The molecule has 0 bridgehead atoms. The molecule has 10 heteroatoms. The number of rotatable bonds is 8. The van der Waals surface area contributed by atoms with Crippen molar-refractivity contribution in [2.24, 2.45) is 46.3 Å². The van der Waals surface area contributed by atoms with Crippen LogP contribution >= 0.6 is 0 Å². The molecule has 8 nitrogen and oxygen atoms in total. The maximum Gasteiger partial charge on any atom is 1.00 e. The zero-order valence-electron chi connectivity index (χ0n) is 23.3. The summed E-state index contributed by atoms with van der Waals surface area (Å²) in [6.45, 7) is 8.64. The Bertz CT molecular complexity index is 903. The Balaban J connectivity index is 0.00000380. The van der Waals surface area contributed by atoms with Gasteiger partial charge in [-0.3, -0.25) is 4.18 Å². The fourth-order valence-corrected chi connectivity index (χ4v) is 10.1. The maximum atomic E-state index is 11.8. The molecule has 0 aromatic carbocycles. The summed E-state index contributed by atoms with van der Waals surface area (Å²) in [4.78, 5) is 0. The molecule has 0 aromatic heterocycles. The Morgan fingerprint density at radius 1 is 1.08 bits per heavy atom. The minimum atomic E-state index is -4.90. The molecular formula is C27H47NaO8S. The van der Waals surface area contributed by atoms with Crippen LogP contribution in [0.15, 0.2) is 0 Å². The van der Waals surface area contributed by atoms with Crippen LogP contribution in [-0.4, -0.2) is 63.9 Å². The van der Waals surface area contributed by atoms with E-state index in [-0.39, 0.29) is 77.6 Å². The summed E-state index contributed by atoms with van der Waals surface area (Å²) in [7, 11) is -4.90. The maximum absolute atomic E-state index is 11.8. The van der Waals surface area contributed by atoms with E-state index >= 15 is 0 Å². The normalized spacial score (nSPS) is 47.2. The van der Waals surface area contributed by atoms with Gasteiger partial charge in [-0.1, -0.05) is 40.5 Å². The summed E-state index contributed by atoms with van der Waals surface area (Å²) in [5.74, 6) is 0.506. The first-order chi connectivity index (χ1) is 16.7. The third-order valence-electron chi connectivity index (χ3n) is 11.5. The fraction of sp³-hybridized carbons (Fsp3) is 1.00. The summed E-state index contributed by atoms with van der Waals surface area (Å²) >= 11 is 0. The van der Waals surface area contributed by atoms with Crippen LogP contribution in [0.1, 0.15) is 91.9 Å². The van der Waals surface area contributed by atoms with Gasteiger partial charge in [0.15, 0.2) is 0 Å². The monoisotopic (exact) mass is 554 g/mol. The van der Waals surface area contributed by atoms with E-state index in [4.69, 9.17) is 4.18 Å². The van der Waals surface area contributed by atoms with Crippen LogP contribution in [0.4, 0.5) is 0 Å².